The first-order valence-electron chi connectivity index (χ1n) is 6.18. The quantitative estimate of drug-likeness (QED) is 0.904. The monoisotopic (exact) mass is 285 g/mol. The van der Waals surface area contributed by atoms with Gasteiger partial charge < -0.3 is 19.9 Å². The number of carboxylic acid groups (broad SMARTS) is 1. The van der Waals surface area contributed by atoms with Crippen LogP contribution in [0, 0.1) is 0 Å². The summed E-state index contributed by atoms with van der Waals surface area (Å²) in [7, 11) is 0. The molecule has 0 saturated carbocycles. The van der Waals surface area contributed by atoms with E-state index >= 15 is 0 Å². The van der Waals surface area contributed by atoms with Gasteiger partial charge in [0.05, 0.1) is 11.1 Å². The minimum absolute atomic E-state index is 0.0456. The Morgan fingerprint density at radius 3 is 2.48 bits per heavy atom. The molecule has 6 heteroatoms. The van der Waals surface area contributed by atoms with Crippen LogP contribution in [0.3, 0.4) is 0 Å². The van der Waals surface area contributed by atoms with Gasteiger partial charge in [-0.2, -0.15) is 0 Å². The molecule has 0 unspecified atom stereocenters. The Balaban J connectivity index is 1.85. The zero-order valence-electron chi connectivity index (χ0n) is 10.8. The summed E-state index contributed by atoms with van der Waals surface area (Å²) in [6.07, 6.45) is 0. The van der Waals surface area contributed by atoms with Crippen LogP contribution in [0.5, 0.6) is 11.5 Å². The summed E-state index contributed by atoms with van der Waals surface area (Å²) in [5, 5.41) is 11.7. The van der Waals surface area contributed by atoms with Crippen LogP contribution in [0.15, 0.2) is 42.5 Å². The molecule has 0 aliphatic carbocycles. The van der Waals surface area contributed by atoms with Crippen molar-refractivity contribution in [3.63, 3.8) is 0 Å². The molecule has 2 N–H and O–H groups in total. The highest BCUT2D eigenvalue weighted by Gasteiger charge is 2.18. The van der Waals surface area contributed by atoms with Crippen molar-refractivity contribution >= 4 is 17.6 Å². The van der Waals surface area contributed by atoms with E-state index in [4.69, 9.17) is 14.6 Å². The Morgan fingerprint density at radius 2 is 1.71 bits per heavy atom. The van der Waals surface area contributed by atoms with Crippen molar-refractivity contribution in [2.45, 2.75) is 0 Å². The van der Waals surface area contributed by atoms with Crippen molar-refractivity contribution in [3.8, 4) is 11.5 Å². The molecule has 1 heterocycles. The lowest BCUT2D eigenvalue weighted by atomic mass is 10.1. The number of carbonyl (C=O) groups excluding carboxylic acids is 1. The summed E-state index contributed by atoms with van der Waals surface area (Å²) >= 11 is 0. The SMILES string of the molecule is O=C(O)c1ccccc1C(=O)Nc1ccc2c(c1)OCO2. The van der Waals surface area contributed by atoms with E-state index in [0.717, 1.165) is 0 Å². The predicted molar refractivity (Wildman–Crippen MR) is 73.9 cm³/mol. The van der Waals surface area contributed by atoms with Gasteiger partial charge in [-0.3, -0.25) is 4.79 Å². The normalized spacial score (nSPS) is 12.0. The fourth-order valence-corrected chi connectivity index (χ4v) is 2.04. The minimum atomic E-state index is -1.15. The van der Waals surface area contributed by atoms with Crippen LogP contribution in [-0.4, -0.2) is 23.8 Å². The highest BCUT2D eigenvalue weighted by molar-refractivity contribution is 6.10. The lowest BCUT2D eigenvalue weighted by Gasteiger charge is -2.08. The van der Waals surface area contributed by atoms with Gasteiger partial charge in [-0.15, -0.1) is 0 Å². The van der Waals surface area contributed by atoms with E-state index in [2.05, 4.69) is 5.32 Å². The molecule has 3 rings (SSSR count). The molecule has 21 heavy (non-hydrogen) atoms. The molecule has 0 fully saturated rings. The Labute approximate surface area is 119 Å². The molecule has 1 amide bonds. The molecule has 1 aliphatic rings. The molecule has 0 radical (unpaired) electrons. The molecule has 0 spiro atoms. The number of carboxylic acids is 1. The molecule has 0 saturated heterocycles. The van der Waals surface area contributed by atoms with Gasteiger partial charge in [0.15, 0.2) is 11.5 Å². The molecule has 0 aromatic heterocycles. The van der Waals surface area contributed by atoms with Crippen molar-refractivity contribution in [2.75, 3.05) is 12.1 Å². The maximum atomic E-state index is 12.2. The predicted octanol–water partition coefficient (Wildman–Crippen LogP) is 2.37. The summed E-state index contributed by atoms with van der Waals surface area (Å²) in [6.45, 7) is 0.147. The highest BCUT2D eigenvalue weighted by Crippen LogP contribution is 2.34. The zero-order chi connectivity index (χ0) is 14.8. The van der Waals surface area contributed by atoms with Crippen LogP contribution in [0.1, 0.15) is 20.7 Å². The standard InChI is InChI=1S/C15H11NO5/c17-14(10-3-1-2-4-11(10)15(18)19)16-9-5-6-12-13(7-9)21-8-20-12/h1-7H,8H2,(H,16,17)(H,18,19). The first-order valence-corrected chi connectivity index (χ1v) is 6.18. The van der Waals surface area contributed by atoms with Gasteiger partial charge in [0.2, 0.25) is 6.79 Å². The summed E-state index contributed by atoms with van der Waals surface area (Å²) in [5.74, 6) is -0.489. The number of hydrogen-bond donors (Lipinski definition) is 2. The Morgan fingerprint density at radius 1 is 1.00 bits per heavy atom. The van der Waals surface area contributed by atoms with E-state index in [0.29, 0.717) is 17.2 Å². The molecule has 2 aromatic rings. The van der Waals surface area contributed by atoms with E-state index < -0.39 is 11.9 Å². The number of aromatic carboxylic acids is 1. The number of anilines is 1. The molecule has 6 nitrogen and oxygen atoms in total. The smallest absolute Gasteiger partial charge is 0.336 e. The van der Waals surface area contributed by atoms with Crippen LogP contribution < -0.4 is 14.8 Å². The van der Waals surface area contributed by atoms with Gasteiger partial charge in [0, 0.05) is 11.8 Å². The van der Waals surface area contributed by atoms with Crippen molar-refractivity contribution in [2.24, 2.45) is 0 Å². The lowest BCUT2D eigenvalue weighted by Crippen LogP contribution is -2.16. The average molecular weight is 285 g/mol. The van der Waals surface area contributed by atoms with E-state index in [-0.39, 0.29) is 17.9 Å². The van der Waals surface area contributed by atoms with Crippen LogP contribution in [0.4, 0.5) is 5.69 Å². The fourth-order valence-electron chi connectivity index (χ4n) is 2.04. The molecule has 2 aromatic carbocycles. The molecule has 0 bridgehead atoms. The van der Waals surface area contributed by atoms with Crippen molar-refractivity contribution in [1.82, 2.24) is 0 Å². The Bertz CT molecular complexity index is 726. The Hall–Kier alpha value is -3.02. The van der Waals surface area contributed by atoms with E-state index in [1.54, 1.807) is 30.3 Å². The van der Waals surface area contributed by atoms with Crippen molar-refractivity contribution < 1.29 is 24.2 Å². The highest BCUT2D eigenvalue weighted by atomic mass is 16.7. The van der Waals surface area contributed by atoms with E-state index in [1.807, 2.05) is 0 Å². The third-order valence-electron chi connectivity index (χ3n) is 3.03. The third kappa shape index (κ3) is 2.51. The first-order chi connectivity index (χ1) is 10.1. The summed E-state index contributed by atoms with van der Waals surface area (Å²) in [5.41, 5.74) is 0.558. The number of carbonyl (C=O) groups is 2. The Kier molecular flexibility index (Phi) is 3.19. The molecular weight excluding hydrogens is 274 g/mol. The molecule has 1 aliphatic heterocycles. The van der Waals surface area contributed by atoms with Gasteiger partial charge in [-0.1, -0.05) is 12.1 Å². The van der Waals surface area contributed by atoms with E-state index in [1.165, 1.54) is 12.1 Å². The van der Waals surface area contributed by atoms with Crippen molar-refractivity contribution in [1.29, 1.82) is 0 Å². The van der Waals surface area contributed by atoms with Gasteiger partial charge in [-0.05, 0) is 24.3 Å². The van der Waals surface area contributed by atoms with Gasteiger partial charge in [0.25, 0.3) is 5.91 Å². The second kappa shape index (κ2) is 5.16. The third-order valence-corrected chi connectivity index (χ3v) is 3.03. The second-order valence-corrected chi connectivity index (χ2v) is 4.37. The topological polar surface area (TPSA) is 84.9 Å². The number of fused-ring (bicyclic) bond motifs is 1. The van der Waals surface area contributed by atoms with E-state index in [9.17, 15) is 9.59 Å². The van der Waals surface area contributed by atoms with Gasteiger partial charge >= 0.3 is 5.97 Å². The average Bonchev–Trinajstić information content (AvgIpc) is 2.94. The lowest BCUT2D eigenvalue weighted by molar-refractivity contribution is 0.0692. The maximum absolute atomic E-state index is 12.2. The summed E-state index contributed by atoms with van der Waals surface area (Å²) < 4.78 is 10.4. The molecule has 0 atom stereocenters. The van der Waals surface area contributed by atoms with Crippen molar-refractivity contribution in [3.05, 3.63) is 53.6 Å². The number of rotatable bonds is 3. The van der Waals surface area contributed by atoms with Gasteiger partial charge in [-0.25, -0.2) is 4.79 Å². The van der Waals surface area contributed by atoms with Crippen LogP contribution in [0.25, 0.3) is 0 Å². The molecule has 106 valence electrons. The van der Waals surface area contributed by atoms with Gasteiger partial charge in [0.1, 0.15) is 0 Å². The van der Waals surface area contributed by atoms with Crippen LogP contribution in [-0.2, 0) is 0 Å². The zero-order valence-corrected chi connectivity index (χ0v) is 10.8. The molecular formula is C15H11NO5. The fraction of sp³-hybridized carbons (Fsp3) is 0.0667. The number of benzene rings is 2. The number of ether oxygens (including phenoxy) is 2. The minimum Gasteiger partial charge on any atom is -0.478 e. The largest absolute Gasteiger partial charge is 0.478 e. The van der Waals surface area contributed by atoms with Crippen LogP contribution in [0.2, 0.25) is 0 Å². The van der Waals surface area contributed by atoms with Crippen LogP contribution >= 0.6 is 0 Å². The second-order valence-electron chi connectivity index (χ2n) is 4.37. The number of hydrogen-bond acceptors (Lipinski definition) is 4. The first kappa shape index (κ1) is 13.0. The number of amides is 1. The summed E-state index contributed by atoms with van der Waals surface area (Å²) in [4.78, 5) is 23.3. The number of nitrogens with one attached hydrogen (secondary N) is 1. The summed E-state index contributed by atoms with van der Waals surface area (Å²) in [6, 6.07) is 11.0. The maximum Gasteiger partial charge on any atom is 0.336 e.